The van der Waals surface area contributed by atoms with E-state index in [2.05, 4.69) is 0 Å². The van der Waals surface area contributed by atoms with Crippen molar-refractivity contribution in [1.82, 2.24) is 0 Å². The summed E-state index contributed by atoms with van der Waals surface area (Å²) < 4.78 is 5.09. The van der Waals surface area contributed by atoms with E-state index in [4.69, 9.17) is 10.5 Å². The van der Waals surface area contributed by atoms with Gasteiger partial charge < -0.3 is 15.6 Å². The fourth-order valence-electron chi connectivity index (χ4n) is 1.98. The second-order valence-electron chi connectivity index (χ2n) is 5.11. The first kappa shape index (κ1) is 11.3. The highest BCUT2D eigenvalue weighted by Crippen LogP contribution is 2.39. The lowest BCUT2D eigenvalue weighted by atomic mass is 9.70. The fraction of sp³-hybridized carbons (Fsp3) is 0.900. The van der Waals surface area contributed by atoms with Gasteiger partial charge in [0, 0.05) is 5.92 Å². The average Bonchev–Trinajstić information content (AvgIpc) is 1.92. The number of amides is 1. The summed E-state index contributed by atoms with van der Waals surface area (Å²) in [6.45, 7) is 6.02. The van der Waals surface area contributed by atoms with Crippen molar-refractivity contribution in [3.8, 4) is 0 Å². The summed E-state index contributed by atoms with van der Waals surface area (Å²) in [5.74, 6) is 0.248. The molecule has 3 N–H and O–H groups in total. The van der Waals surface area contributed by atoms with E-state index in [1.165, 1.54) is 0 Å². The van der Waals surface area contributed by atoms with Crippen molar-refractivity contribution in [3.05, 3.63) is 0 Å². The van der Waals surface area contributed by atoms with E-state index in [1.54, 1.807) is 0 Å². The first-order chi connectivity index (χ1) is 6.30. The van der Waals surface area contributed by atoms with Crippen LogP contribution in [0.3, 0.4) is 0 Å². The Balaban J connectivity index is 2.58. The highest BCUT2D eigenvalue weighted by Gasteiger charge is 2.42. The molecule has 0 spiro atoms. The monoisotopic (exact) mass is 201 g/mol. The maximum Gasteiger partial charge on any atom is 0.404 e. The summed E-state index contributed by atoms with van der Waals surface area (Å²) in [7, 11) is 0. The number of rotatable bonds is 2. The summed E-state index contributed by atoms with van der Waals surface area (Å²) in [6, 6.07) is 0. The van der Waals surface area contributed by atoms with E-state index in [0.29, 0.717) is 12.8 Å². The molecule has 0 bridgehead atoms. The SMILES string of the molecule is CC(C)(C)C(OC(N)=O)C1CC(O)C1. The Labute approximate surface area is 84.4 Å². The molecule has 14 heavy (non-hydrogen) atoms. The van der Waals surface area contributed by atoms with Gasteiger partial charge in [0.05, 0.1) is 6.10 Å². The molecule has 1 aliphatic carbocycles. The Bertz CT molecular complexity index is 216. The lowest BCUT2D eigenvalue weighted by Crippen LogP contribution is -2.46. The normalized spacial score (nSPS) is 29.1. The number of ether oxygens (including phenoxy) is 1. The van der Waals surface area contributed by atoms with Gasteiger partial charge in [0.2, 0.25) is 0 Å². The number of aliphatic hydroxyl groups is 1. The van der Waals surface area contributed by atoms with E-state index >= 15 is 0 Å². The van der Waals surface area contributed by atoms with Crippen molar-refractivity contribution in [2.24, 2.45) is 17.1 Å². The molecular formula is C10H19NO3. The van der Waals surface area contributed by atoms with Crippen LogP contribution in [0.25, 0.3) is 0 Å². The first-order valence-corrected chi connectivity index (χ1v) is 4.95. The van der Waals surface area contributed by atoms with Gasteiger partial charge in [-0.15, -0.1) is 0 Å². The summed E-state index contributed by atoms with van der Waals surface area (Å²) in [4.78, 5) is 10.7. The lowest BCUT2D eigenvalue weighted by molar-refractivity contribution is -0.0743. The lowest BCUT2D eigenvalue weighted by Gasteiger charge is -2.42. The molecule has 82 valence electrons. The number of carbonyl (C=O) groups is 1. The Hall–Kier alpha value is -0.770. The van der Waals surface area contributed by atoms with Crippen LogP contribution in [-0.4, -0.2) is 23.4 Å². The average molecular weight is 201 g/mol. The summed E-state index contributed by atoms with van der Waals surface area (Å²) in [5, 5.41) is 9.20. The van der Waals surface area contributed by atoms with Gasteiger partial charge in [0.25, 0.3) is 0 Å². The van der Waals surface area contributed by atoms with Crippen molar-refractivity contribution in [2.45, 2.75) is 45.8 Å². The maximum atomic E-state index is 10.7. The molecule has 1 unspecified atom stereocenters. The molecule has 0 heterocycles. The van der Waals surface area contributed by atoms with E-state index in [1.807, 2.05) is 20.8 Å². The second kappa shape index (κ2) is 3.77. The van der Waals surface area contributed by atoms with Crippen molar-refractivity contribution in [3.63, 3.8) is 0 Å². The van der Waals surface area contributed by atoms with E-state index in [0.717, 1.165) is 0 Å². The Morgan fingerprint density at radius 3 is 2.29 bits per heavy atom. The van der Waals surface area contributed by atoms with Crippen molar-refractivity contribution in [1.29, 1.82) is 0 Å². The van der Waals surface area contributed by atoms with Gasteiger partial charge in [-0.3, -0.25) is 0 Å². The van der Waals surface area contributed by atoms with Crippen LogP contribution in [0.5, 0.6) is 0 Å². The molecular weight excluding hydrogens is 182 g/mol. The van der Waals surface area contributed by atoms with Crippen molar-refractivity contribution >= 4 is 6.09 Å². The van der Waals surface area contributed by atoms with Gasteiger partial charge in [-0.2, -0.15) is 0 Å². The minimum Gasteiger partial charge on any atom is -0.446 e. The Kier molecular flexibility index (Phi) is 3.04. The zero-order valence-corrected chi connectivity index (χ0v) is 8.99. The minimum absolute atomic E-state index is 0.125. The Morgan fingerprint density at radius 1 is 1.50 bits per heavy atom. The molecule has 1 rings (SSSR count). The van der Waals surface area contributed by atoms with E-state index < -0.39 is 6.09 Å². The molecule has 4 heteroatoms. The molecule has 0 aromatic rings. The number of carbonyl (C=O) groups excluding carboxylic acids is 1. The zero-order valence-electron chi connectivity index (χ0n) is 8.99. The van der Waals surface area contributed by atoms with Gasteiger partial charge in [-0.1, -0.05) is 20.8 Å². The Morgan fingerprint density at radius 2 is 2.00 bits per heavy atom. The van der Waals surface area contributed by atoms with Gasteiger partial charge in [0.15, 0.2) is 0 Å². The van der Waals surface area contributed by atoms with Crippen LogP contribution < -0.4 is 5.73 Å². The fourth-order valence-corrected chi connectivity index (χ4v) is 1.98. The molecule has 0 radical (unpaired) electrons. The van der Waals surface area contributed by atoms with Crippen molar-refractivity contribution in [2.75, 3.05) is 0 Å². The third-order valence-electron chi connectivity index (χ3n) is 2.67. The number of hydrogen-bond acceptors (Lipinski definition) is 3. The molecule has 0 aromatic carbocycles. The van der Waals surface area contributed by atoms with E-state index in [9.17, 15) is 9.90 Å². The first-order valence-electron chi connectivity index (χ1n) is 4.95. The number of nitrogens with two attached hydrogens (primary N) is 1. The molecule has 0 aliphatic heterocycles. The highest BCUT2D eigenvalue weighted by molar-refractivity contribution is 5.64. The van der Waals surface area contributed by atoms with Crippen LogP contribution in [0.15, 0.2) is 0 Å². The summed E-state index contributed by atoms with van der Waals surface area (Å²) in [6.07, 6.45) is 0.251. The second-order valence-corrected chi connectivity index (χ2v) is 5.11. The molecule has 1 atom stereocenters. The summed E-state index contributed by atoms with van der Waals surface area (Å²) in [5.41, 5.74) is 4.89. The predicted octanol–water partition coefficient (Wildman–Crippen LogP) is 1.27. The van der Waals surface area contributed by atoms with Crippen LogP contribution in [0.2, 0.25) is 0 Å². The predicted molar refractivity (Wildman–Crippen MR) is 52.6 cm³/mol. The van der Waals surface area contributed by atoms with Gasteiger partial charge >= 0.3 is 6.09 Å². The van der Waals surface area contributed by atoms with Gasteiger partial charge in [0.1, 0.15) is 6.10 Å². The molecule has 0 aromatic heterocycles. The molecule has 1 aliphatic rings. The molecule has 1 saturated carbocycles. The quantitative estimate of drug-likeness (QED) is 0.706. The number of primary amides is 1. The molecule has 0 saturated heterocycles. The minimum atomic E-state index is -0.730. The standard InChI is InChI=1S/C10H19NO3/c1-10(2,3)8(14-9(11)13)6-4-7(12)5-6/h6-8,12H,4-5H2,1-3H3,(H2,11,13). The molecule has 1 fully saturated rings. The summed E-state index contributed by atoms with van der Waals surface area (Å²) >= 11 is 0. The van der Waals surface area contributed by atoms with E-state index in [-0.39, 0.29) is 23.5 Å². The third-order valence-corrected chi connectivity index (χ3v) is 2.67. The largest absolute Gasteiger partial charge is 0.446 e. The smallest absolute Gasteiger partial charge is 0.404 e. The molecule has 4 nitrogen and oxygen atoms in total. The van der Waals surface area contributed by atoms with Crippen LogP contribution in [-0.2, 0) is 4.74 Å². The third kappa shape index (κ3) is 2.61. The number of aliphatic hydroxyl groups excluding tert-OH is 1. The van der Waals surface area contributed by atoms with Gasteiger partial charge in [-0.05, 0) is 18.3 Å². The van der Waals surface area contributed by atoms with Crippen molar-refractivity contribution < 1.29 is 14.6 Å². The topological polar surface area (TPSA) is 72.5 Å². The molecule has 1 amide bonds. The van der Waals surface area contributed by atoms with Gasteiger partial charge in [-0.25, -0.2) is 4.79 Å². The van der Waals surface area contributed by atoms with Crippen LogP contribution in [0, 0.1) is 11.3 Å². The van der Waals surface area contributed by atoms with Crippen LogP contribution in [0.1, 0.15) is 33.6 Å². The number of hydrogen-bond donors (Lipinski definition) is 2. The zero-order chi connectivity index (χ0) is 10.9. The maximum absolute atomic E-state index is 10.7. The van der Waals surface area contributed by atoms with Crippen LogP contribution in [0.4, 0.5) is 4.79 Å². The van der Waals surface area contributed by atoms with Crippen LogP contribution >= 0.6 is 0 Å². The highest BCUT2D eigenvalue weighted by atomic mass is 16.6.